The van der Waals surface area contributed by atoms with Crippen LogP contribution in [0.1, 0.15) is 32.8 Å². The summed E-state index contributed by atoms with van der Waals surface area (Å²) in [5.74, 6) is 0. The van der Waals surface area contributed by atoms with Crippen LogP contribution in [0.15, 0.2) is 30.3 Å². The van der Waals surface area contributed by atoms with Crippen molar-refractivity contribution in [1.29, 1.82) is 0 Å². The van der Waals surface area contributed by atoms with Gasteiger partial charge in [0.25, 0.3) is 0 Å². The molecule has 0 N–H and O–H groups in total. The van der Waals surface area contributed by atoms with Gasteiger partial charge < -0.3 is 0 Å². The van der Waals surface area contributed by atoms with Crippen LogP contribution in [0.3, 0.4) is 0 Å². The van der Waals surface area contributed by atoms with Gasteiger partial charge in [0.05, 0.1) is 0 Å². The zero-order valence-electron chi connectivity index (χ0n) is 8.30. The van der Waals surface area contributed by atoms with Gasteiger partial charge in [0.1, 0.15) is 0 Å². The number of rotatable bonds is 3. The minimum atomic E-state index is 0.446. The van der Waals surface area contributed by atoms with E-state index in [-0.39, 0.29) is 0 Å². The first-order chi connectivity index (χ1) is 5.64. The van der Waals surface area contributed by atoms with Gasteiger partial charge in [-0.15, -0.1) is 0 Å². The molecule has 1 aromatic carbocycles. The molecular weight excluding hydrogens is 144 g/mol. The molecule has 1 aromatic rings. The van der Waals surface area contributed by atoms with Crippen LogP contribution < -0.4 is 0 Å². The van der Waals surface area contributed by atoms with Crippen LogP contribution >= 0.6 is 0 Å². The summed E-state index contributed by atoms with van der Waals surface area (Å²) in [7, 11) is 0. The summed E-state index contributed by atoms with van der Waals surface area (Å²) < 4.78 is 0. The van der Waals surface area contributed by atoms with Crippen LogP contribution in [0.25, 0.3) is 0 Å². The summed E-state index contributed by atoms with van der Waals surface area (Å²) in [4.78, 5) is 0. The van der Waals surface area contributed by atoms with Gasteiger partial charge in [-0.25, -0.2) is 0 Å². The van der Waals surface area contributed by atoms with Crippen LogP contribution in [0.4, 0.5) is 0 Å². The monoisotopic (exact) mass is 162 g/mol. The van der Waals surface area contributed by atoms with Crippen molar-refractivity contribution in [3.05, 3.63) is 35.9 Å². The lowest BCUT2D eigenvalue weighted by Gasteiger charge is -2.22. The van der Waals surface area contributed by atoms with Gasteiger partial charge in [-0.2, -0.15) is 0 Å². The van der Waals surface area contributed by atoms with Gasteiger partial charge >= 0.3 is 0 Å². The Bertz CT molecular complexity index is 221. The van der Waals surface area contributed by atoms with Crippen molar-refractivity contribution in [2.75, 3.05) is 0 Å². The quantitative estimate of drug-likeness (QED) is 0.636. The fraction of sp³-hybridized carbons (Fsp3) is 0.500. The van der Waals surface area contributed by atoms with E-state index in [0.29, 0.717) is 5.41 Å². The van der Waals surface area contributed by atoms with Crippen LogP contribution in [-0.4, -0.2) is 0 Å². The largest absolute Gasteiger partial charge is 0.0649 e. The van der Waals surface area contributed by atoms with Crippen molar-refractivity contribution in [3.8, 4) is 0 Å². The molecule has 0 radical (unpaired) electrons. The van der Waals surface area contributed by atoms with E-state index in [1.807, 2.05) is 0 Å². The van der Waals surface area contributed by atoms with E-state index in [0.717, 1.165) is 0 Å². The van der Waals surface area contributed by atoms with Gasteiger partial charge in [0.15, 0.2) is 0 Å². The van der Waals surface area contributed by atoms with Gasteiger partial charge in [-0.05, 0) is 17.4 Å². The molecule has 0 fully saturated rings. The molecule has 0 saturated heterocycles. The predicted molar refractivity (Wildman–Crippen MR) is 54.2 cm³/mol. The SMILES string of the molecule is CCC(C)(C)Cc1ccccc1. The van der Waals surface area contributed by atoms with Gasteiger partial charge in [0, 0.05) is 0 Å². The van der Waals surface area contributed by atoms with Crippen LogP contribution in [0, 0.1) is 5.41 Å². The summed E-state index contributed by atoms with van der Waals surface area (Å²) in [6, 6.07) is 10.7. The summed E-state index contributed by atoms with van der Waals surface area (Å²) >= 11 is 0. The molecular formula is C12H18. The molecule has 0 heteroatoms. The molecule has 0 amide bonds. The second-order valence-electron chi connectivity index (χ2n) is 4.18. The van der Waals surface area contributed by atoms with Crippen LogP contribution in [0.2, 0.25) is 0 Å². The highest BCUT2D eigenvalue weighted by Crippen LogP contribution is 2.24. The minimum absolute atomic E-state index is 0.446. The highest BCUT2D eigenvalue weighted by molar-refractivity contribution is 5.15. The Morgan fingerprint density at radius 1 is 1.08 bits per heavy atom. The molecule has 0 unspecified atom stereocenters. The molecule has 0 aliphatic carbocycles. The summed E-state index contributed by atoms with van der Waals surface area (Å²) in [5.41, 5.74) is 1.89. The topological polar surface area (TPSA) is 0 Å². The zero-order chi connectivity index (χ0) is 9.03. The van der Waals surface area contributed by atoms with Crippen molar-refractivity contribution >= 4 is 0 Å². The molecule has 1 rings (SSSR count). The Balaban J connectivity index is 2.64. The van der Waals surface area contributed by atoms with E-state index >= 15 is 0 Å². The normalized spacial score (nSPS) is 11.6. The van der Waals surface area contributed by atoms with Crippen molar-refractivity contribution < 1.29 is 0 Å². The molecule has 0 atom stereocenters. The molecule has 0 saturated carbocycles. The van der Waals surface area contributed by atoms with E-state index in [1.54, 1.807) is 0 Å². The molecule has 12 heavy (non-hydrogen) atoms. The second-order valence-corrected chi connectivity index (χ2v) is 4.18. The van der Waals surface area contributed by atoms with E-state index in [2.05, 4.69) is 51.1 Å². The maximum atomic E-state index is 2.32. The van der Waals surface area contributed by atoms with Gasteiger partial charge in [-0.1, -0.05) is 57.5 Å². The van der Waals surface area contributed by atoms with Crippen molar-refractivity contribution in [1.82, 2.24) is 0 Å². The highest BCUT2D eigenvalue weighted by atomic mass is 14.2. The maximum absolute atomic E-state index is 2.32. The fourth-order valence-electron chi connectivity index (χ4n) is 1.27. The van der Waals surface area contributed by atoms with Crippen molar-refractivity contribution in [3.63, 3.8) is 0 Å². The first-order valence-electron chi connectivity index (χ1n) is 4.68. The third kappa shape index (κ3) is 2.69. The van der Waals surface area contributed by atoms with E-state index in [9.17, 15) is 0 Å². The first-order valence-corrected chi connectivity index (χ1v) is 4.68. The molecule has 0 bridgehead atoms. The average Bonchev–Trinajstić information content (AvgIpc) is 2.06. The smallest absolute Gasteiger partial charge is 0.0227 e. The van der Waals surface area contributed by atoms with E-state index < -0.39 is 0 Å². The number of benzene rings is 1. The molecule has 0 spiro atoms. The van der Waals surface area contributed by atoms with Crippen molar-refractivity contribution in [2.24, 2.45) is 5.41 Å². The average molecular weight is 162 g/mol. The second kappa shape index (κ2) is 3.75. The number of hydrogen-bond donors (Lipinski definition) is 0. The lowest BCUT2D eigenvalue weighted by atomic mass is 9.83. The van der Waals surface area contributed by atoms with Crippen LogP contribution in [-0.2, 0) is 6.42 Å². The Morgan fingerprint density at radius 2 is 1.67 bits per heavy atom. The van der Waals surface area contributed by atoms with Gasteiger partial charge in [-0.3, -0.25) is 0 Å². The van der Waals surface area contributed by atoms with Gasteiger partial charge in [0.2, 0.25) is 0 Å². The maximum Gasteiger partial charge on any atom is -0.0227 e. The highest BCUT2D eigenvalue weighted by Gasteiger charge is 2.14. The molecule has 0 aliphatic heterocycles. The van der Waals surface area contributed by atoms with E-state index in [1.165, 1.54) is 18.4 Å². The Labute approximate surface area is 75.6 Å². The number of hydrogen-bond acceptors (Lipinski definition) is 0. The zero-order valence-corrected chi connectivity index (χ0v) is 8.30. The lowest BCUT2D eigenvalue weighted by molar-refractivity contribution is 0.349. The molecule has 66 valence electrons. The molecule has 0 aromatic heterocycles. The first kappa shape index (κ1) is 9.31. The minimum Gasteiger partial charge on any atom is -0.0649 e. The third-order valence-corrected chi connectivity index (χ3v) is 2.48. The predicted octanol–water partition coefficient (Wildman–Crippen LogP) is 3.67. The molecule has 0 aliphatic rings. The standard InChI is InChI=1S/C12H18/c1-4-12(2,3)10-11-8-6-5-7-9-11/h5-9H,4,10H2,1-3H3. The summed E-state index contributed by atoms with van der Waals surface area (Å²) in [6.45, 7) is 6.89. The summed E-state index contributed by atoms with van der Waals surface area (Å²) in [5, 5.41) is 0. The van der Waals surface area contributed by atoms with Crippen LogP contribution in [0.5, 0.6) is 0 Å². The van der Waals surface area contributed by atoms with E-state index in [4.69, 9.17) is 0 Å². The molecule has 0 heterocycles. The van der Waals surface area contributed by atoms with Crippen molar-refractivity contribution in [2.45, 2.75) is 33.6 Å². The third-order valence-electron chi connectivity index (χ3n) is 2.48. The molecule has 0 nitrogen and oxygen atoms in total. The lowest BCUT2D eigenvalue weighted by Crippen LogP contribution is -2.12. The Hall–Kier alpha value is -0.780. The Morgan fingerprint density at radius 3 is 2.17 bits per heavy atom. The summed E-state index contributed by atoms with van der Waals surface area (Å²) in [6.07, 6.45) is 2.42. The fourth-order valence-corrected chi connectivity index (χ4v) is 1.27. The Kier molecular flexibility index (Phi) is 2.91.